The first kappa shape index (κ1) is 16.1. The molecular formula is C20H20N6. The van der Waals surface area contributed by atoms with Gasteiger partial charge in [0.15, 0.2) is 0 Å². The van der Waals surface area contributed by atoms with Gasteiger partial charge in [-0.05, 0) is 55.3 Å². The number of hydrogen-bond acceptors (Lipinski definition) is 4. The molecule has 0 bridgehead atoms. The summed E-state index contributed by atoms with van der Waals surface area (Å²) in [7, 11) is 0. The van der Waals surface area contributed by atoms with Crippen LogP contribution >= 0.6 is 0 Å². The van der Waals surface area contributed by atoms with Gasteiger partial charge in [0.05, 0.1) is 23.8 Å². The molecule has 2 aromatic heterocycles. The number of nitrogens with two attached hydrogens (primary N) is 1. The molecule has 2 N–H and O–H groups in total. The summed E-state index contributed by atoms with van der Waals surface area (Å²) in [6.07, 6.45) is 4.83. The van der Waals surface area contributed by atoms with Crippen LogP contribution in [0.2, 0.25) is 0 Å². The summed E-state index contributed by atoms with van der Waals surface area (Å²) in [4.78, 5) is 0. The van der Waals surface area contributed by atoms with E-state index in [9.17, 15) is 0 Å². The van der Waals surface area contributed by atoms with Crippen molar-refractivity contribution in [1.29, 1.82) is 0 Å². The molecule has 0 amide bonds. The standard InChI is InChI=1S/C20H20N6/c1-3-15-12-22-26(14(15)2)19-8-4-16(5-9-19)20-13-25(24-23-20)18-10-6-17(21)7-11-18/h4-13H,3,21H2,1-2H3. The third-order valence-electron chi connectivity index (χ3n) is 4.55. The number of nitrogens with zero attached hydrogens (tertiary/aromatic N) is 5. The lowest BCUT2D eigenvalue weighted by Crippen LogP contribution is -1.99. The second-order valence-corrected chi connectivity index (χ2v) is 6.21. The van der Waals surface area contributed by atoms with Gasteiger partial charge in [0.25, 0.3) is 0 Å². The van der Waals surface area contributed by atoms with Crippen molar-refractivity contribution in [3.8, 4) is 22.6 Å². The van der Waals surface area contributed by atoms with Gasteiger partial charge in [-0.1, -0.05) is 24.3 Å². The lowest BCUT2D eigenvalue weighted by atomic mass is 10.1. The Hall–Kier alpha value is -3.41. The predicted octanol–water partition coefficient (Wildman–Crippen LogP) is 3.57. The quantitative estimate of drug-likeness (QED) is 0.574. The lowest BCUT2D eigenvalue weighted by Gasteiger charge is -2.06. The van der Waals surface area contributed by atoms with Crippen LogP contribution in [-0.4, -0.2) is 24.8 Å². The minimum Gasteiger partial charge on any atom is -0.399 e. The first-order valence-electron chi connectivity index (χ1n) is 8.58. The second kappa shape index (κ2) is 6.48. The monoisotopic (exact) mass is 344 g/mol. The van der Waals surface area contributed by atoms with E-state index in [1.165, 1.54) is 11.3 Å². The van der Waals surface area contributed by atoms with Crippen LogP contribution in [0.4, 0.5) is 5.69 Å². The molecule has 4 aromatic rings. The summed E-state index contributed by atoms with van der Waals surface area (Å²) in [5.41, 5.74) is 12.7. The van der Waals surface area contributed by atoms with Gasteiger partial charge in [-0.3, -0.25) is 0 Å². The van der Waals surface area contributed by atoms with Crippen molar-refractivity contribution < 1.29 is 0 Å². The van der Waals surface area contributed by atoms with Crippen LogP contribution in [-0.2, 0) is 6.42 Å². The topological polar surface area (TPSA) is 74.5 Å². The van der Waals surface area contributed by atoms with Gasteiger partial charge in [-0.15, -0.1) is 5.10 Å². The third kappa shape index (κ3) is 2.86. The largest absolute Gasteiger partial charge is 0.399 e. The Balaban J connectivity index is 1.61. The fraction of sp³-hybridized carbons (Fsp3) is 0.150. The number of rotatable bonds is 4. The fourth-order valence-corrected chi connectivity index (χ4v) is 2.97. The molecule has 0 saturated carbocycles. The molecule has 26 heavy (non-hydrogen) atoms. The number of nitrogen functional groups attached to an aromatic ring is 1. The number of benzene rings is 2. The maximum atomic E-state index is 5.73. The minimum absolute atomic E-state index is 0.727. The first-order chi connectivity index (χ1) is 12.7. The van der Waals surface area contributed by atoms with E-state index >= 15 is 0 Å². The minimum atomic E-state index is 0.727. The van der Waals surface area contributed by atoms with Crippen LogP contribution < -0.4 is 5.73 Å². The lowest BCUT2D eigenvalue weighted by molar-refractivity contribution is 0.804. The fourth-order valence-electron chi connectivity index (χ4n) is 2.97. The molecule has 2 aromatic carbocycles. The van der Waals surface area contributed by atoms with Crippen molar-refractivity contribution in [2.45, 2.75) is 20.3 Å². The van der Waals surface area contributed by atoms with Gasteiger partial charge in [0, 0.05) is 16.9 Å². The second-order valence-electron chi connectivity index (χ2n) is 6.21. The number of hydrogen-bond donors (Lipinski definition) is 1. The van der Waals surface area contributed by atoms with Gasteiger partial charge < -0.3 is 5.73 Å². The molecule has 0 unspecified atom stereocenters. The van der Waals surface area contributed by atoms with E-state index < -0.39 is 0 Å². The van der Waals surface area contributed by atoms with Crippen molar-refractivity contribution in [3.05, 3.63) is 72.2 Å². The highest BCUT2D eigenvalue weighted by molar-refractivity contribution is 5.60. The maximum Gasteiger partial charge on any atom is 0.113 e. The average molecular weight is 344 g/mol. The van der Waals surface area contributed by atoms with Crippen molar-refractivity contribution in [2.75, 3.05) is 5.73 Å². The van der Waals surface area contributed by atoms with Gasteiger partial charge in [-0.25, -0.2) is 9.36 Å². The number of aromatic nitrogens is 5. The summed E-state index contributed by atoms with van der Waals surface area (Å²) >= 11 is 0. The molecule has 6 heteroatoms. The van der Waals surface area contributed by atoms with Crippen molar-refractivity contribution in [1.82, 2.24) is 24.8 Å². The summed E-state index contributed by atoms with van der Waals surface area (Å²) in [6.45, 7) is 4.24. The van der Waals surface area contributed by atoms with Crippen LogP contribution in [0.5, 0.6) is 0 Å². The molecule has 0 fully saturated rings. The van der Waals surface area contributed by atoms with E-state index in [1.807, 2.05) is 53.5 Å². The van der Waals surface area contributed by atoms with Gasteiger partial charge in [-0.2, -0.15) is 5.10 Å². The summed E-state index contributed by atoms with van der Waals surface area (Å²) in [5, 5.41) is 13.0. The van der Waals surface area contributed by atoms with E-state index in [0.717, 1.165) is 34.7 Å². The molecule has 0 radical (unpaired) electrons. The summed E-state index contributed by atoms with van der Waals surface area (Å²) < 4.78 is 3.71. The van der Waals surface area contributed by atoms with Gasteiger partial charge >= 0.3 is 0 Å². The Morgan fingerprint density at radius 2 is 1.65 bits per heavy atom. The average Bonchev–Trinajstić information content (AvgIpc) is 3.29. The third-order valence-corrected chi connectivity index (χ3v) is 4.55. The smallest absolute Gasteiger partial charge is 0.113 e. The highest BCUT2D eigenvalue weighted by atomic mass is 15.4. The van der Waals surface area contributed by atoms with E-state index in [1.54, 1.807) is 4.68 Å². The molecule has 0 aliphatic heterocycles. The highest BCUT2D eigenvalue weighted by Crippen LogP contribution is 2.21. The van der Waals surface area contributed by atoms with Crippen LogP contribution in [0.25, 0.3) is 22.6 Å². The Bertz CT molecular complexity index is 1030. The molecule has 130 valence electrons. The van der Waals surface area contributed by atoms with Gasteiger partial charge in [0.1, 0.15) is 5.69 Å². The Labute approximate surface area is 151 Å². The zero-order valence-corrected chi connectivity index (χ0v) is 14.8. The molecule has 0 aliphatic carbocycles. The van der Waals surface area contributed by atoms with Crippen LogP contribution in [0.3, 0.4) is 0 Å². The SMILES string of the molecule is CCc1cnn(-c2ccc(-c3cn(-c4ccc(N)cc4)nn3)cc2)c1C. The van der Waals surface area contributed by atoms with Crippen LogP contribution in [0, 0.1) is 6.92 Å². The maximum absolute atomic E-state index is 5.73. The molecule has 6 nitrogen and oxygen atoms in total. The molecule has 4 rings (SSSR count). The van der Waals surface area contributed by atoms with Crippen LogP contribution in [0.1, 0.15) is 18.2 Å². The Kier molecular flexibility index (Phi) is 4.01. The van der Waals surface area contributed by atoms with Crippen molar-refractivity contribution in [3.63, 3.8) is 0 Å². The Morgan fingerprint density at radius 1 is 0.962 bits per heavy atom. The van der Waals surface area contributed by atoms with Crippen LogP contribution in [0.15, 0.2) is 60.9 Å². The molecule has 0 atom stereocenters. The first-order valence-corrected chi connectivity index (χ1v) is 8.58. The zero-order valence-electron chi connectivity index (χ0n) is 14.8. The van der Waals surface area contributed by atoms with E-state index in [0.29, 0.717) is 0 Å². The van der Waals surface area contributed by atoms with Crippen molar-refractivity contribution in [2.24, 2.45) is 0 Å². The molecule has 2 heterocycles. The molecular weight excluding hydrogens is 324 g/mol. The summed E-state index contributed by atoms with van der Waals surface area (Å²) in [5.74, 6) is 0. The summed E-state index contributed by atoms with van der Waals surface area (Å²) in [6, 6.07) is 15.7. The zero-order chi connectivity index (χ0) is 18.1. The predicted molar refractivity (Wildman–Crippen MR) is 102 cm³/mol. The van der Waals surface area contributed by atoms with E-state index in [2.05, 4.69) is 41.4 Å². The molecule has 0 saturated heterocycles. The van der Waals surface area contributed by atoms with Gasteiger partial charge in [0.2, 0.25) is 0 Å². The van der Waals surface area contributed by atoms with E-state index in [4.69, 9.17) is 5.73 Å². The normalized spacial score (nSPS) is 11.0. The molecule has 0 spiro atoms. The number of aryl methyl sites for hydroxylation is 1. The molecule has 0 aliphatic rings. The van der Waals surface area contributed by atoms with E-state index in [-0.39, 0.29) is 0 Å². The Morgan fingerprint density at radius 3 is 2.31 bits per heavy atom. The number of anilines is 1. The van der Waals surface area contributed by atoms with Crippen molar-refractivity contribution >= 4 is 5.69 Å². The highest BCUT2D eigenvalue weighted by Gasteiger charge is 2.09.